The number of halogens is 2. The third kappa shape index (κ3) is 9.25. The molecule has 0 saturated carbocycles. The van der Waals surface area contributed by atoms with Crippen molar-refractivity contribution < 1.29 is 27.4 Å². The van der Waals surface area contributed by atoms with Gasteiger partial charge in [0.25, 0.3) is 0 Å². The summed E-state index contributed by atoms with van der Waals surface area (Å²) in [5.74, 6) is 1.70. The fourth-order valence-electron chi connectivity index (χ4n) is 2.80. The fraction of sp³-hybridized carbons (Fsp3) is 0.500. The molecule has 172 valence electrons. The predicted octanol–water partition coefficient (Wildman–Crippen LogP) is 3.98. The highest BCUT2D eigenvalue weighted by Gasteiger charge is 2.15. The first-order valence-corrected chi connectivity index (χ1v) is 10.5. The van der Waals surface area contributed by atoms with E-state index in [0.717, 1.165) is 12.2 Å². The second-order valence-corrected chi connectivity index (χ2v) is 6.45. The molecule has 0 spiro atoms. The summed E-state index contributed by atoms with van der Waals surface area (Å²) < 4.78 is 46.7. The van der Waals surface area contributed by atoms with Crippen LogP contribution in [-0.2, 0) is 17.7 Å². The molecule has 0 aliphatic carbocycles. The summed E-state index contributed by atoms with van der Waals surface area (Å²) in [4.78, 5) is 4.54. The lowest BCUT2D eigenvalue weighted by molar-refractivity contribution is -0.0520. The zero-order valence-electron chi connectivity index (χ0n) is 18.0. The maximum Gasteiger partial charge on any atom is 0.387 e. The molecular weight excluding hydrogens is 408 g/mol. The van der Waals surface area contributed by atoms with E-state index in [1.807, 2.05) is 19.1 Å². The SMILES string of the molecule is CCOCCCNC(=NCc1cccc(OCC)c1OC(F)F)NCCc1ccco1. The Morgan fingerprint density at radius 1 is 1.10 bits per heavy atom. The van der Waals surface area contributed by atoms with E-state index < -0.39 is 6.61 Å². The molecule has 0 fully saturated rings. The third-order valence-corrected chi connectivity index (χ3v) is 4.18. The molecule has 0 radical (unpaired) electrons. The van der Waals surface area contributed by atoms with Crippen molar-refractivity contribution in [3.8, 4) is 11.5 Å². The fourth-order valence-corrected chi connectivity index (χ4v) is 2.80. The van der Waals surface area contributed by atoms with Gasteiger partial charge in [-0.1, -0.05) is 12.1 Å². The van der Waals surface area contributed by atoms with Crippen molar-refractivity contribution in [3.63, 3.8) is 0 Å². The molecule has 0 unspecified atom stereocenters. The number of guanidine groups is 1. The van der Waals surface area contributed by atoms with Crippen molar-refractivity contribution in [3.05, 3.63) is 47.9 Å². The van der Waals surface area contributed by atoms with Gasteiger partial charge in [0.05, 0.1) is 19.4 Å². The van der Waals surface area contributed by atoms with Gasteiger partial charge in [-0.2, -0.15) is 8.78 Å². The first-order chi connectivity index (χ1) is 15.1. The quantitative estimate of drug-likeness (QED) is 0.263. The zero-order chi connectivity index (χ0) is 22.3. The number of nitrogens with one attached hydrogen (secondary N) is 2. The van der Waals surface area contributed by atoms with Crippen LogP contribution in [0.4, 0.5) is 8.78 Å². The van der Waals surface area contributed by atoms with Crippen LogP contribution in [0.15, 0.2) is 46.0 Å². The molecule has 2 N–H and O–H groups in total. The Morgan fingerprint density at radius 2 is 1.94 bits per heavy atom. The summed E-state index contributed by atoms with van der Waals surface area (Å²) in [5.41, 5.74) is 0.507. The van der Waals surface area contributed by atoms with E-state index in [-0.39, 0.29) is 18.0 Å². The minimum Gasteiger partial charge on any atom is -0.490 e. The first kappa shape index (κ1) is 24.5. The van der Waals surface area contributed by atoms with Gasteiger partial charge >= 0.3 is 6.61 Å². The number of nitrogens with zero attached hydrogens (tertiary/aromatic N) is 1. The number of furan rings is 1. The van der Waals surface area contributed by atoms with Crippen molar-refractivity contribution in [2.45, 2.75) is 39.8 Å². The molecule has 1 heterocycles. The monoisotopic (exact) mass is 439 g/mol. The molecule has 1 aromatic carbocycles. The molecule has 9 heteroatoms. The normalized spacial score (nSPS) is 11.6. The highest BCUT2D eigenvalue weighted by Crippen LogP contribution is 2.33. The number of hydrogen-bond acceptors (Lipinski definition) is 5. The number of hydrogen-bond donors (Lipinski definition) is 2. The maximum atomic E-state index is 12.9. The predicted molar refractivity (Wildman–Crippen MR) is 115 cm³/mol. The van der Waals surface area contributed by atoms with Crippen molar-refractivity contribution in [2.24, 2.45) is 4.99 Å². The molecule has 0 amide bonds. The molecule has 0 bridgehead atoms. The van der Waals surface area contributed by atoms with Crippen molar-refractivity contribution in [2.75, 3.05) is 32.9 Å². The highest BCUT2D eigenvalue weighted by atomic mass is 19.3. The van der Waals surface area contributed by atoms with Gasteiger partial charge in [-0.3, -0.25) is 0 Å². The van der Waals surface area contributed by atoms with Gasteiger partial charge in [0.15, 0.2) is 17.5 Å². The number of benzene rings is 1. The molecule has 7 nitrogen and oxygen atoms in total. The Balaban J connectivity index is 2.06. The molecular formula is C22H31F2N3O4. The molecule has 2 rings (SSSR count). The van der Waals surface area contributed by atoms with E-state index in [1.165, 1.54) is 0 Å². The number of ether oxygens (including phenoxy) is 3. The van der Waals surface area contributed by atoms with E-state index in [9.17, 15) is 8.78 Å². The second-order valence-electron chi connectivity index (χ2n) is 6.45. The second kappa shape index (κ2) is 14.2. The third-order valence-electron chi connectivity index (χ3n) is 4.18. The van der Waals surface area contributed by atoms with E-state index in [0.29, 0.717) is 50.9 Å². The molecule has 31 heavy (non-hydrogen) atoms. The Kier molecular flexibility index (Phi) is 11.2. The summed E-state index contributed by atoms with van der Waals surface area (Å²) in [5, 5.41) is 6.47. The largest absolute Gasteiger partial charge is 0.490 e. The first-order valence-electron chi connectivity index (χ1n) is 10.5. The number of rotatable bonds is 14. The Labute approximate surface area is 181 Å². The number of para-hydroxylation sites is 1. The van der Waals surface area contributed by atoms with E-state index in [4.69, 9.17) is 18.6 Å². The van der Waals surface area contributed by atoms with Gasteiger partial charge in [-0.25, -0.2) is 4.99 Å². The van der Waals surface area contributed by atoms with Gasteiger partial charge in [-0.15, -0.1) is 0 Å². The van der Waals surface area contributed by atoms with Crippen molar-refractivity contribution >= 4 is 5.96 Å². The van der Waals surface area contributed by atoms with E-state index in [2.05, 4.69) is 15.6 Å². The highest BCUT2D eigenvalue weighted by molar-refractivity contribution is 5.79. The van der Waals surface area contributed by atoms with Crippen LogP contribution < -0.4 is 20.1 Å². The molecule has 0 aliphatic rings. The Morgan fingerprint density at radius 3 is 2.65 bits per heavy atom. The van der Waals surface area contributed by atoms with Crippen LogP contribution in [0.3, 0.4) is 0 Å². The van der Waals surface area contributed by atoms with Crippen molar-refractivity contribution in [1.29, 1.82) is 0 Å². The minimum absolute atomic E-state index is 0.00869. The smallest absolute Gasteiger partial charge is 0.387 e. The van der Waals surface area contributed by atoms with E-state index in [1.54, 1.807) is 31.4 Å². The minimum atomic E-state index is -2.95. The summed E-state index contributed by atoms with van der Waals surface area (Å²) >= 11 is 0. The van der Waals surface area contributed by atoms with Crippen LogP contribution in [0.2, 0.25) is 0 Å². The summed E-state index contributed by atoms with van der Waals surface area (Å²) in [6.07, 6.45) is 3.13. The standard InChI is InChI=1S/C22H31F2N3O4/c1-3-28-14-7-12-25-22(26-13-11-18-9-6-15-30-18)27-16-17-8-5-10-19(29-4-2)20(17)31-21(23)24/h5-6,8-10,15,21H,3-4,7,11-14,16H2,1-2H3,(H2,25,26,27). The van der Waals surface area contributed by atoms with Gasteiger partial charge in [0.2, 0.25) is 0 Å². The maximum absolute atomic E-state index is 12.9. The van der Waals surface area contributed by atoms with Gasteiger partial charge in [0, 0.05) is 38.3 Å². The van der Waals surface area contributed by atoms with Gasteiger partial charge in [0.1, 0.15) is 5.76 Å². The summed E-state index contributed by atoms with van der Waals surface area (Å²) in [7, 11) is 0. The van der Waals surface area contributed by atoms with Gasteiger partial charge in [-0.05, 0) is 38.5 Å². The number of alkyl halides is 2. The summed E-state index contributed by atoms with van der Waals surface area (Å²) in [6, 6.07) is 8.77. The molecule has 0 saturated heterocycles. The lowest BCUT2D eigenvalue weighted by atomic mass is 10.2. The van der Waals surface area contributed by atoms with Crippen LogP contribution in [0.1, 0.15) is 31.6 Å². The number of aliphatic imine (C=N–C) groups is 1. The average molecular weight is 440 g/mol. The van der Waals surface area contributed by atoms with Crippen LogP contribution in [0.25, 0.3) is 0 Å². The zero-order valence-corrected chi connectivity index (χ0v) is 18.0. The lowest BCUT2D eigenvalue weighted by Crippen LogP contribution is -2.39. The van der Waals surface area contributed by atoms with Crippen LogP contribution >= 0.6 is 0 Å². The average Bonchev–Trinajstić information content (AvgIpc) is 3.26. The lowest BCUT2D eigenvalue weighted by Gasteiger charge is -2.16. The molecule has 0 atom stereocenters. The molecule has 0 aliphatic heterocycles. The topological polar surface area (TPSA) is 77.2 Å². The Bertz CT molecular complexity index is 770. The molecule has 2 aromatic rings. The van der Waals surface area contributed by atoms with Crippen molar-refractivity contribution in [1.82, 2.24) is 10.6 Å². The van der Waals surface area contributed by atoms with Gasteiger partial charge < -0.3 is 29.3 Å². The van der Waals surface area contributed by atoms with Crippen LogP contribution in [-0.4, -0.2) is 45.5 Å². The van der Waals surface area contributed by atoms with Crippen LogP contribution in [0.5, 0.6) is 11.5 Å². The molecule has 1 aromatic heterocycles. The summed E-state index contributed by atoms with van der Waals surface area (Å²) in [6.45, 7) is 3.84. The van der Waals surface area contributed by atoms with Crippen LogP contribution in [0, 0.1) is 0 Å². The van der Waals surface area contributed by atoms with E-state index >= 15 is 0 Å². The Hall–Kier alpha value is -2.81.